The molecule has 0 spiro atoms. The summed E-state index contributed by atoms with van der Waals surface area (Å²) >= 11 is 10.6. The van der Waals surface area contributed by atoms with Crippen LogP contribution in [0.25, 0.3) is 0 Å². The molecule has 2 rings (SSSR count). The summed E-state index contributed by atoms with van der Waals surface area (Å²) in [6.45, 7) is 5.37. The van der Waals surface area contributed by atoms with Gasteiger partial charge in [0.1, 0.15) is 12.4 Å². The Morgan fingerprint density at radius 1 is 1.30 bits per heavy atom. The molecule has 0 aliphatic carbocycles. The van der Waals surface area contributed by atoms with E-state index >= 15 is 0 Å². The predicted octanol–water partition coefficient (Wildman–Crippen LogP) is 5.21. The van der Waals surface area contributed by atoms with Crippen LogP contribution in [0.15, 0.2) is 27.1 Å². The summed E-state index contributed by atoms with van der Waals surface area (Å²) in [5.74, 6) is 0.836. The van der Waals surface area contributed by atoms with Crippen LogP contribution in [0.2, 0.25) is 0 Å². The van der Waals surface area contributed by atoms with Crippen LogP contribution in [-0.4, -0.2) is 9.78 Å². The Morgan fingerprint density at radius 3 is 2.65 bits per heavy atom. The normalized spacial score (nSPS) is 10.8. The molecule has 1 aromatic carbocycles. The highest BCUT2D eigenvalue weighted by Gasteiger charge is 2.13. The third kappa shape index (κ3) is 3.46. The van der Waals surface area contributed by atoms with Gasteiger partial charge in [0.2, 0.25) is 0 Å². The van der Waals surface area contributed by atoms with E-state index in [1.54, 1.807) is 0 Å². The summed E-state index contributed by atoms with van der Waals surface area (Å²) < 4.78 is 9.85. The summed E-state index contributed by atoms with van der Waals surface area (Å²) in [5.41, 5.74) is 3.25. The Bertz CT molecular complexity index is 611. The quantitative estimate of drug-likeness (QED) is 0.565. The lowest BCUT2D eigenvalue weighted by Gasteiger charge is -2.10. The zero-order valence-corrected chi connectivity index (χ0v) is 16.0. The molecule has 2 aromatic rings. The number of aryl methyl sites for hydroxylation is 2. The maximum Gasteiger partial charge on any atom is 0.134 e. The van der Waals surface area contributed by atoms with E-state index < -0.39 is 0 Å². The second-order valence-corrected chi connectivity index (χ2v) is 6.56. The van der Waals surface area contributed by atoms with E-state index in [4.69, 9.17) is 4.74 Å². The van der Waals surface area contributed by atoms with Gasteiger partial charge in [0.25, 0.3) is 0 Å². The summed E-state index contributed by atoms with van der Waals surface area (Å²) in [5, 5.41) is 5.30. The maximum atomic E-state index is 5.91. The minimum atomic E-state index is 0.488. The largest absolute Gasteiger partial charge is 0.486 e. The molecule has 0 radical (unpaired) electrons. The van der Waals surface area contributed by atoms with Gasteiger partial charge in [0.05, 0.1) is 20.3 Å². The van der Waals surface area contributed by atoms with E-state index in [0.29, 0.717) is 6.61 Å². The van der Waals surface area contributed by atoms with Gasteiger partial charge in [0, 0.05) is 11.9 Å². The third-order valence-corrected chi connectivity index (χ3v) is 5.27. The molecule has 1 aromatic heterocycles. The van der Waals surface area contributed by atoms with Gasteiger partial charge in [-0.15, -0.1) is 0 Å². The van der Waals surface area contributed by atoms with Crippen molar-refractivity contribution in [1.82, 2.24) is 9.78 Å². The van der Waals surface area contributed by atoms with E-state index in [2.05, 4.69) is 65.9 Å². The second kappa shape index (κ2) is 7.09. The molecule has 0 bridgehead atoms. The number of benzene rings is 1. The Labute approximate surface area is 144 Å². The van der Waals surface area contributed by atoms with Crippen molar-refractivity contribution in [2.24, 2.45) is 0 Å². The fourth-order valence-corrected chi connectivity index (χ4v) is 3.19. The van der Waals surface area contributed by atoms with Crippen LogP contribution >= 0.6 is 47.8 Å². The predicted molar refractivity (Wildman–Crippen MR) is 91.4 cm³/mol. The molecule has 0 atom stereocenters. The number of rotatable bonds is 5. The Morgan fingerprint density at radius 2 is 2.05 bits per heavy atom. The molecule has 3 nitrogen and oxygen atoms in total. The summed E-state index contributed by atoms with van der Waals surface area (Å²) in [4.78, 5) is 0. The molecule has 0 saturated heterocycles. The van der Waals surface area contributed by atoms with Gasteiger partial charge in [-0.25, -0.2) is 0 Å². The number of hydrogen-bond donors (Lipinski definition) is 0. The smallest absolute Gasteiger partial charge is 0.134 e. The van der Waals surface area contributed by atoms with Gasteiger partial charge in [-0.2, -0.15) is 5.10 Å². The van der Waals surface area contributed by atoms with Gasteiger partial charge in [0.15, 0.2) is 0 Å². The van der Waals surface area contributed by atoms with E-state index in [1.807, 2.05) is 23.7 Å². The lowest BCUT2D eigenvalue weighted by molar-refractivity contribution is 0.290. The minimum absolute atomic E-state index is 0.488. The number of hydrogen-bond acceptors (Lipinski definition) is 2. The average Bonchev–Trinajstić information content (AvgIpc) is 2.73. The molecule has 108 valence electrons. The van der Waals surface area contributed by atoms with Crippen LogP contribution in [0.5, 0.6) is 5.75 Å². The maximum absolute atomic E-state index is 5.91. The van der Waals surface area contributed by atoms with Crippen molar-refractivity contribution in [3.8, 4) is 5.75 Å². The highest BCUT2D eigenvalue weighted by atomic mass is 79.9. The molecule has 20 heavy (non-hydrogen) atoms. The summed E-state index contributed by atoms with van der Waals surface area (Å²) in [6.07, 6.45) is 0. The first-order chi connectivity index (χ1) is 9.56. The molecule has 0 aliphatic heterocycles. The summed E-state index contributed by atoms with van der Waals surface area (Å²) in [6, 6.07) is 6.09. The van der Waals surface area contributed by atoms with Crippen molar-refractivity contribution in [2.75, 3.05) is 0 Å². The van der Waals surface area contributed by atoms with Crippen molar-refractivity contribution in [3.63, 3.8) is 0 Å². The zero-order chi connectivity index (χ0) is 14.7. The average molecular weight is 467 g/mol. The molecule has 0 fully saturated rings. The van der Waals surface area contributed by atoms with E-state index in [9.17, 15) is 0 Å². The van der Waals surface area contributed by atoms with Crippen LogP contribution in [0, 0.1) is 6.92 Å². The second-order valence-electron chi connectivity index (χ2n) is 4.35. The van der Waals surface area contributed by atoms with Gasteiger partial charge in [-0.1, -0.05) is 22.0 Å². The number of aromatic nitrogens is 2. The van der Waals surface area contributed by atoms with Crippen LogP contribution in [0.1, 0.15) is 23.9 Å². The fraction of sp³-hybridized carbons (Fsp3) is 0.357. The van der Waals surface area contributed by atoms with E-state index in [0.717, 1.165) is 38.0 Å². The third-order valence-electron chi connectivity index (χ3n) is 2.97. The first-order valence-electron chi connectivity index (χ1n) is 6.25. The van der Waals surface area contributed by atoms with Crippen LogP contribution in [0.3, 0.4) is 0 Å². The van der Waals surface area contributed by atoms with Crippen LogP contribution < -0.4 is 4.74 Å². The van der Waals surface area contributed by atoms with Crippen molar-refractivity contribution < 1.29 is 4.74 Å². The number of nitrogens with zero attached hydrogens (tertiary/aromatic N) is 2. The molecule has 0 amide bonds. The fourth-order valence-electron chi connectivity index (χ4n) is 1.90. The van der Waals surface area contributed by atoms with Gasteiger partial charge < -0.3 is 4.74 Å². The van der Waals surface area contributed by atoms with Crippen LogP contribution in [0.4, 0.5) is 0 Å². The molecule has 0 unspecified atom stereocenters. The van der Waals surface area contributed by atoms with Gasteiger partial charge in [-0.05, 0) is 63.4 Å². The monoisotopic (exact) mass is 464 g/mol. The Kier molecular flexibility index (Phi) is 5.69. The molecule has 0 N–H and O–H groups in total. The molecule has 6 heteroatoms. The van der Waals surface area contributed by atoms with Gasteiger partial charge in [-0.3, -0.25) is 4.68 Å². The molecular weight excluding hydrogens is 452 g/mol. The lowest BCUT2D eigenvalue weighted by atomic mass is 10.2. The lowest BCUT2D eigenvalue weighted by Crippen LogP contribution is -2.06. The number of alkyl halides is 1. The SMILES string of the molecule is CCn1nc(C)c(Br)c1COc1ccc(CBr)cc1Br. The number of ether oxygens (including phenoxy) is 1. The van der Waals surface area contributed by atoms with Crippen molar-refractivity contribution >= 4 is 47.8 Å². The molecule has 1 heterocycles. The van der Waals surface area contributed by atoms with E-state index in [-0.39, 0.29) is 0 Å². The molecular formula is C14H15Br3N2O. The van der Waals surface area contributed by atoms with Crippen molar-refractivity contribution in [2.45, 2.75) is 32.3 Å². The Hall–Kier alpha value is -0.330. The Balaban J connectivity index is 2.17. The topological polar surface area (TPSA) is 27.1 Å². The van der Waals surface area contributed by atoms with Crippen LogP contribution in [-0.2, 0) is 18.5 Å². The standard InChI is InChI=1S/C14H15Br3N2O/c1-3-19-12(14(17)9(2)18-19)8-20-13-5-4-10(7-15)6-11(13)16/h4-6H,3,7-8H2,1-2H3. The van der Waals surface area contributed by atoms with E-state index in [1.165, 1.54) is 5.56 Å². The first-order valence-corrected chi connectivity index (χ1v) is 8.96. The number of halogens is 3. The van der Waals surface area contributed by atoms with Gasteiger partial charge >= 0.3 is 0 Å². The highest BCUT2D eigenvalue weighted by Crippen LogP contribution is 2.29. The summed E-state index contributed by atoms with van der Waals surface area (Å²) in [7, 11) is 0. The minimum Gasteiger partial charge on any atom is -0.486 e. The highest BCUT2D eigenvalue weighted by molar-refractivity contribution is 9.11. The molecule has 0 aliphatic rings. The zero-order valence-electron chi connectivity index (χ0n) is 11.3. The molecule has 0 saturated carbocycles. The van der Waals surface area contributed by atoms with Crippen molar-refractivity contribution in [1.29, 1.82) is 0 Å². The first kappa shape index (κ1) is 16.0. The van der Waals surface area contributed by atoms with Crippen molar-refractivity contribution in [3.05, 3.63) is 44.1 Å².